The predicted molar refractivity (Wildman–Crippen MR) is 65.5 cm³/mol. The van der Waals surface area contributed by atoms with Gasteiger partial charge in [0.15, 0.2) is 0 Å². The van der Waals surface area contributed by atoms with Crippen LogP contribution in [0.1, 0.15) is 34.1 Å². The van der Waals surface area contributed by atoms with Crippen LogP contribution in [0.3, 0.4) is 0 Å². The van der Waals surface area contributed by atoms with Gasteiger partial charge in [0, 0.05) is 19.0 Å². The Kier molecular flexibility index (Phi) is 4.54. The molecule has 4 heteroatoms. The number of likely N-dealkylation sites (tertiary alicyclic amines) is 1. The summed E-state index contributed by atoms with van der Waals surface area (Å²) in [5.74, 6) is -0.478. The quantitative estimate of drug-likeness (QED) is 0.820. The van der Waals surface area contributed by atoms with Gasteiger partial charge in [0.25, 0.3) is 0 Å². The minimum atomic E-state index is -0.735. The molecule has 4 nitrogen and oxygen atoms in total. The molecular weight excluding hydrogens is 218 g/mol. The second-order valence-electron chi connectivity index (χ2n) is 5.53. The van der Waals surface area contributed by atoms with E-state index >= 15 is 0 Å². The van der Waals surface area contributed by atoms with Gasteiger partial charge in [-0.1, -0.05) is 27.7 Å². The van der Waals surface area contributed by atoms with E-state index in [4.69, 9.17) is 5.11 Å². The topological polar surface area (TPSA) is 57.6 Å². The van der Waals surface area contributed by atoms with Crippen LogP contribution in [0.4, 0.5) is 0 Å². The van der Waals surface area contributed by atoms with E-state index < -0.39 is 5.97 Å². The summed E-state index contributed by atoms with van der Waals surface area (Å²) in [5.41, 5.74) is 0. The molecular formula is C13H23NO3. The number of hydrogen-bond donors (Lipinski definition) is 1. The SMILES string of the molecule is CC(C)C(C)C(=O)N1CCC(C(=O)O)C(C)C1. The van der Waals surface area contributed by atoms with Crippen LogP contribution in [-0.4, -0.2) is 35.0 Å². The zero-order chi connectivity index (χ0) is 13.2. The third kappa shape index (κ3) is 3.20. The summed E-state index contributed by atoms with van der Waals surface area (Å²) < 4.78 is 0. The van der Waals surface area contributed by atoms with Gasteiger partial charge in [-0.05, 0) is 18.3 Å². The van der Waals surface area contributed by atoms with Gasteiger partial charge in [-0.15, -0.1) is 0 Å². The van der Waals surface area contributed by atoms with Crippen LogP contribution >= 0.6 is 0 Å². The van der Waals surface area contributed by atoms with Crippen molar-refractivity contribution in [1.29, 1.82) is 0 Å². The van der Waals surface area contributed by atoms with E-state index in [1.54, 1.807) is 0 Å². The van der Waals surface area contributed by atoms with Crippen LogP contribution in [-0.2, 0) is 9.59 Å². The first-order chi connectivity index (χ1) is 7.84. The molecule has 1 N–H and O–H groups in total. The standard InChI is InChI=1S/C13H23NO3/c1-8(2)10(4)12(15)14-6-5-11(13(16)17)9(3)7-14/h8-11H,5-7H2,1-4H3,(H,16,17). The van der Waals surface area contributed by atoms with Gasteiger partial charge in [0.2, 0.25) is 5.91 Å². The van der Waals surface area contributed by atoms with E-state index in [-0.39, 0.29) is 23.7 Å². The first kappa shape index (κ1) is 14.0. The molecule has 98 valence electrons. The minimum Gasteiger partial charge on any atom is -0.481 e. The Morgan fingerprint density at radius 2 is 1.88 bits per heavy atom. The number of carbonyl (C=O) groups excluding carboxylic acids is 1. The monoisotopic (exact) mass is 241 g/mol. The molecule has 1 aliphatic rings. The average Bonchev–Trinajstić information content (AvgIpc) is 2.26. The average molecular weight is 241 g/mol. The van der Waals surface area contributed by atoms with Crippen molar-refractivity contribution in [2.24, 2.45) is 23.7 Å². The van der Waals surface area contributed by atoms with E-state index in [0.717, 1.165) is 0 Å². The number of rotatable bonds is 3. The van der Waals surface area contributed by atoms with Crippen LogP contribution < -0.4 is 0 Å². The molecule has 1 heterocycles. The van der Waals surface area contributed by atoms with E-state index in [0.29, 0.717) is 25.4 Å². The van der Waals surface area contributed by atoms with Crippen LogP contribution in [0.15, 0.2) is 0 Å². The Labute approximate surface area is 103 Å². The lowest BCUT2D eigenvalue weighted by Gasteiger charge is -2.36. The summed E-state index contributed by atoms with van der Waals surface area (Å²) >= 11 is 0. The second-order valence-corrected chi connectivity index (χ2v) is 5.53. The molecule has 0 aromatic rings. The van der Waals surface area contributed by atoms with E-state index in [1.807, 2.05) is 32.6 Å². The first-order valence-electron chi connectivity index (χ1n) is 6.36. The van der Waals surface area contributed by atoms with Crippen LogP contribution in [0.2, 0.25) is 0 Å². The molecule has 17 heavy (non-hydrogen) atoms. The Hall–Kier alpha value is -1.06. The zero-order valence-corrected chi connectivity index (χ0v) is 11.1. The fourth-order valence-corrected chi connectivity index (χ4v) is 2.29. The molecule has 1 rings (SSSR count). The molecule has 3 unspecified atom stereocenters. The van der Waals surface area contributed by atoms with Crippen molar-refractivity contribution in [2.45, 2.75) is 34.1 Å². The van der Waals surface area contributed by atoms with Gasteiger partial charge < -0.3 is 10.0 Å². The third-order valence-corrected chi connectivity index (χ3v) is 3.92. The number of hydrogen-bond acceptors (Lipinski definition) is 2. The summed E-state index contributed by atoms with van der Waals surface area (Å²) in [6.07, 6.45) is 0.576. The molecule has 1 amide bonds. The number of carboxylic acid groups (broad SMARTS) is 1. The minimum absolute atomic E-state index is 0.0172. The van der Waals surface area contributed by atoms with Gasteiger partial charge in [-0.3, -0.25) is 9.59 Å². The highest BCUT2D eigenvalue weighted by atomic mass is 16.4. The summed E-state index contributed by atoms with van der Waals surface area (Å²) in [7, 11) is 0. The zero-order valence-electron chi connectivity index (χ0n) is 11.1. The smallest absolute Gasteiger partial charge is 0.306 e. The van der Waals surface area contributed by atoms with Crippen LogP contribution in [0.25, 0.3) is 0 Å². The molecule has 0 bridgehead atoms. The molecule has 0 aliphatic carbocycles. The highest BCUT2D eigenvalue weighted by molar-refractivity contribution is 5.79. The number of amides is 1. The van der Waals surface area contributed by atoms with Gasteiger partial charge in [-0.25, -0.2) is 0 Å². The Morgan fingerprint density at radius 3 is 2.29 bits per heavy atom. The summed E-state index contributed by atoms with van der Waals surface area (Å²) in [6, 6.07) is 0. The summed E-state index contributed by atoms with van der Waals surface area (Å²) in [5, 5.41) is 9.03. The van der Waals surface area contributed by atoms with Gasteiger partial charge in [-0.2, -0.15) is 0 Å². The van der Waals surface area contributed by atoms with Crippen LogP contribution in [0, 0.1) is 23.7 Å². The van der Waals surface area contributed by atoms with Crippen molar-refractivity contribution < 1.29 is 14.7 Å². The van der Waals surface area contributed by atoms with Crippen molar-refractivity contribution in [2.75, 3.05) is 13.1 Å². The molecule has 0 aromatic heterocycles. The van der Waals surface area contributed by atoms with Gasteiger partial charge in [0.1, 0.15) is 0 Å². The molecule has 0 radical (unpaired) electrons. The molecule has 1 aliphatic heterocycles. The molecule has 0 spiro atoms. The Balaban J connectivity index is 2.61. The molecule has 1 saturated heterocycles. The second kappa shape index (κ2) is 5.52. The predicted octanol–water partition coefficient (Wildman–Crippen LogP) is 1.85. The van der Waals surface area contributed by atoms with Crippen molar-refractivity contribution in [3.63, 3.8) is 0 Å². The molecule has 3 atom stereocenters. The lowest BCUT2D eigenvalue weighted by atomic mass is 9.86. The fraction of sp³-hybridized carbons (Fsp3) is 0.846. The highest BCUT2D eigenvalue weighted by Crippen LogP contribution is 2.25. The highest BCUT2D eigenvalue weighted by Gasteiger charge is 2.34. The van der Waals surface area contributed by atoms with Crippen LogP contribution in [0.5, 0.6) is 0 Å². The fourth-order valence-electron chi connectivity index (χ4n) is 2.29. The van der Waals surface area contributed by atoms with E-state index in [9.17, 15) is 9.59 Å². The van der Waals surface area contributed by atoms with Crippen molar-refractivity contribution in [1.82, 2.24) is 4.90 Å². The normalized spacial score (nSPS) is 27.0. The maximum absolute atomic E-state index is 12.1. The van der Waals surface area contributed by atoms with Crippen molar-refractivity contribution >= 4 is 11.9 Å². The Bertz CT molecular complexity index is 301. The third-order valence-electron chi connectivity index (χ3n) is 3.92. The first-order valence-corrected chi connectivity index (χ1v) is 6.36. The number of carboxylic acids is 1. The number of piperidine rings is 1. The largest absolute Gasteiger partial charge is 0.481 e. The lowest BCUT2D eigenvalue weighted by Crippen LogP contribution is -2.47. The maximum atomic E-state index is 12.1. The van der Waals surface area contributed by atoms with Crippen molar-refractivity contribution in [3.05, 3.63) is 0 Å². The van der Waals surface area contributed by atoms with Crippen molar-refractivity contribution in [3.8, 4) is 0 Å². The van der Waals surface area contributed by atoms with Gasteiger partial charge in [0.05, 0.1) is 5.92 Å². The lowest BCUT2D eigenvalue weighted by molar-refractivity contribution is -0.149. The summed E-state index contributed by atoms with van der Waals surface area (Å²) in [6.45, 7) is 9.09. The number of carbonyl (C=O) groups is 2. The van der Waals surface area contributed by atoms with Gasteiger partial charge >= 0.3 is 5.97 Å². The van der Waals surface area contributed by atoms with E-state index in [1.165, 1.54) is 0 Å². The molecule has 0 saturated carbocycles. The van der Waals surface area contributed by atoms with E-state index in [2.05, 4.69) is 0 Å². The molecule has 0 aromatic carbocycles. The number of aliphatic carboxylic acids is 1. The maximum Gasteiger partial charge on any atom is 0.306 e. The summed E-state index contributed by atoms with van der Waals surface area (Å²) in [4.78, 5) is 24.9. The number of nitrogens with zero attached hydrogens (tertiary/aromatic N) is 1. The Morgan fingerprint density at radius 1 is 1.29 bits per heavy atom. The molecule has 1 fully saturated rings.